The van der Waals surface area contributed by atoms with Crippen molar-refractivity contribution in [2.75, 3.05) is 5.32 Å². The molecular weight excluding hydrogens is 364 g/mol. The van der Waals surface area contributed by atoms with Crippen LogP contribution in [-0.2, 0) is 6.42 Å². The molecule has 4 rings (SSSR count). The van der Waals surface area contributed by atoms with Crippen LogP contribution in [0.2, 0.25) is 0 Å². The zero-order valence-corrected chi connectivity index (χ0v) is 17.0. The number of thiazole rings is 1. The third-order valence-corrected chi connectivity index (χ3v) is 5.39. The second-order valence-corrected chi connectivity index (χ2v) is 7.86. The van der Waals surface area contributed by atoms with E-state index in [9.17, 15) is 0 Å². The van der Waals surface area contributed by atoms with E-state index in [1.807, 2.05) is 26.8 Å². The van der Waals surface area contributed by atoms with E-state index in [-0.39, 0.29) is 0 Å². The normalized spacial score (nSPS) is 10.8. The molecule has 0 bridgehead atoms. The van der Waals surface area contributed by atoms with Gasteiger partial charge in [-0.1, -0.05) is 42.5 Å². The van der Waals surface area contributed by atoms with Gasteiger partial charge in [0.15, 0.2) is 0 Å². The molecule has 0 fully saturated rings. The Morgan fingerprint density at radius 3 is 2.29 bits per heavy atom. The van der Waals surface area contributed by atoms with E-state index in [0.29, 0.717) is 0 Å². The van der Waals surface area contributed by atoms with Crippen LogP contribution in [-0.4, -0.2) is 15.0 Å². The van der Waals surface area contributed by atoms with Crippen molar-refractivity contribution in [1.82, 2.24) is 15.0 Å². The number of hydrogen-bond acceptors (Lipinski definition) is 5. The Morgan fingerprint density at radius 1 is 0.857 bits per heavy atom. The van der Waals surface area contributed by atoms with E-state index in [4.69, 9.17) is 0 Å². The molecule has 0 saturated heterocycles. The Morgan fingerprint density at radius 2 is 1.61 bits per heavy atom. The average molecular weight is 387 g/mol. The van der Waals surface area contributed by atoms with Crippen LogP contribution >= 0.6 is 11.3 Å². The fourth-order valence-electron chi connectivity index (χ4n) is 3.21. The van der Waals surface area contributed by atoms with Crippen molar-refractivity contribution >= 4 is 22.8 Å². The summed E-state index contributed by atoms with van der Waals surface area (Å²) in [6.07, 6.45) is 0.797. The molecule has 0 spiro atoms. The van der Waals surface area contributed by atoms with Crippen molar-refractivity contribution in [1.29, 1.82) is 0 Å². The maximum absolute atomic E-state index is 4.68. The van der Waals surface area contributed by atoms with Crippen molar-refractivity contribution in [2.24, 2.45) is 0 Å². The zero-order valence-electron chi connectivity index (χ0n) is 16.2. The first kappa shape index (κ1) is 18.3. The molecule has 4 aromatic rings. The van der Waals surface area contributed by atoms with E-state index in [1.54, 1.807) is 11.3 Å². The molecule has 28 heavy (non-hydrogen) atoms. The predicted molar refractivity (Wildman–Crippen MR) is 116 cm³/mol. The molecule has 140 valence electrons. The standard InChI is InChI=1S/C23H22N4S/c1-15-21(13-18-7-5-4-6-8-18)23(25-16(2)24-15)27-20-11-9-19(10-12-20)22-14-28-17(3)26-22/h4-12,14H,13H2,1-3H3,(H,24,25,27). The third kappa shape index (κ3) is 4.10. The molecule has 0 saturated carbocycles. The molecule has 5 heteroatoms. The summed E-state index contributed by atoms with van der Waals surface area (Å²) in [7, 11) is 0. The summed E-state index contributed by atoms with van der Waals surface area (Å²) in [5, 5.41) is 6.66. The maximum atomic E-state index is 4.68. The number of hydrogen-bond donors (Lipinski definition) is 1. The minimum absolute atomic E-state index is 0.770. The quantitative estimate of drug-likeness (QED) is 0.467. The Bertz CT molecular complexity index is 1090. The van der Waals surface area contributed by atoms with Crippen molar-refractivity contribution in [3.8, 4) is 11.3 Å². The number of nitrogens with one attached hydrogen (secondary N) is 1. The van der Waals surface area contributed by atoms with Crippen LogP contribution in [0.4, 0.5) is 11.5 Å². The highest BCUT2D eigenvalue weighted by Crippen LogP contribution is 2.27. The molecule has 0 aliphatic heterocycles. The first-order chi connectivity index (χ1) is 13.6. The molecule has 4 nitrogen and oxygen atoms in total. The number of anilines is 2. The van der Waals surface area contributed by atoms with Crippen molar-refractivity contribution < 1.29 is 0 Å². The molecule has 0 aliphatic carbocycles. The molecule has 0 atom stereocenters. The van der Waals surface area contributed by atoms with Gasteiger partial charge in [0.05, 0.1) is 10.7 Å². The van der Waals surface area contributed by atoms with Crippen LogP contribution in [0.5, 0.6) is 0 Å². The lowest BCUT2D eigenvalue weighted by atomic mass is 10.0. The van der Waals surface area contributed by atoms with E-state index in [2.05, 4.69) is 74.2 Å². The smallest absolute Gasteiger partial charge is 0.137 e. The highest BCUT2D eigenvalue weighted by Gasteiger charge is 2.12. The number of aromatic nitrogens is 3. The second kappa shape index (κ2) is 7.90. The molecule has 1 N–H and O–H groups in total. The lowest BCUT2D eigenvalue weighted by Gasteiger charge is -2.14. The molecule has 2 heterocycles. The van der Waals surface area contributed by atoms with Gasteiger partial charge >= 0.3 is 0 Å². The molecule has 2 aromatic heterocycles. The van der Waals surface area contributed by atoms with Gasteiger partial charge < -0.3 is 5.32 Å². The molecule has 0 radical (unpaired) electrons. The van der Waals surface area contributed by atoms with Gasteiger partial charge in [0.2, 0.25) is 0 Å². The number of aryl methyl sites for hydroxylation is 3. The fraction of sp³-hybridized carbons (Fsp3) is 0.174. The Labute approximate surface area is 169 Å². The van der Waals surface area contributed by atoms with E-state index in [1.165, 1.54) is 5.56 Å². The van der Waals surface area contributed by atoms with Crippen LogP contribution < -0.4 is 5.32 Å². The summed E-state index contributed by atoms with van der Waals surface area (Å²) in [4.78, 5) is 13.8. The summed E-state index contributed by atoms with van der Waals surface area (Å²) in [5.74, 6) is 1.64. The minimum Gasteiger partial charge on any atom is -0.340 e. The molecule has 0 aliphatic rings. The van der Waals surface area contributed by atoms with Gasteiger partial charge in [-0.05, 0) is 38.5 Å². The van der Waals surface area contributed by atoms with Gasteiger partial charge in [-0.25, -0.2) is 15.0 Å². The highest BCUT2D eigenvalue weighted by molar-refractivity contribution is 7.09. The monoisotopic (exact) mass is 386 g/mol. The van der Waals surface area contributed by atoms with Crippen molar-refractivity contribution in [3.05, 3.63) is 87.6 Å². The van der Waals surface area contributed by atoms with E-state index >= 15 is 0 Å². The maximum Gasteiger partial charge on any atom is 0.137 e. The minimum atomic E-state index is 0.770. The van der Waals surface area contributed by atoms with Gasteiger partial charge in [-0.3, -0.25) is 0 Å². The summed E-state index contributed by atoms with van der Waals surface area (Å²) < 4.78 is 0. The summed E-state index contributed by atoms with van der Waals surface area (Å²) in [6.45, 7) is 6.00. The first-order valence-electron chi connectivity index (χ1n) is 9.26. The van der Waals surface area contributed by atoms with Crippen LogP contribution in [0.3, 0.4) is 0 Å². The largest absolute Gasteiger partial charge is 0.340 e. The fourth-order valence-corrected chi connectivity index (χ4v) is 3.83. The van der Waals surface area contributed by atoms with Gasteiger partial charge in [-0.15, -0.1) is 11.3 Å². The molecule has 0 amide bonds. The summed E-state index contributed by atoms with van der Waals surface area (Å²) >= 11 is 1.67. The second-order valence-electron chi connectivity index (χ2n) is 6.80. The first-order valence-corrected chi connectivity index (χ1v) is 10.1. The van der Waals surface area contributed by atoms with E-state index < -0.39 is 0 Å². The van der Waals surface area contributed by atoms with Gasteiger partial charge in [0.25, 0.3) is 0 Å². The third-order valence-electron chi connectivity index (χ3n) is 4.61. The lowest BCUT2D eigenvalue weighted by molar-refractivity contribution is 0.965. The SMILES string of the molecule is Cc1nc(C)c(Cc2ccccc2)c(Nc2ccc(-c3csc(C)n3)cc2)n1. The molecule has 2 aromatic carbocycles. The number of benzene rings is 2. The van der Waals surface area contributed by atoms with Crippen LogP contribution in [0.25, 0.3) is 11.3 Å². The zero-order chi connectivity index (χ0) is 19.5. The van der Waals surface area contributed by atoms with Crippen LogP contribution in [0.1, 0.15) is 27.7 Å². The van der Waals surface area contributed by atoms with Gasteiger partial charge in [-0.2, -0.15) is 0 Å². The van der Waals surface area contributed by atoms with E-state index in [0.717, 1.165) is 51.3 Å². The average Bonchev–Trinajstić information content (AvgIpc) is 3.12. The van der Waals surface area contributed by atoms with Gasteiger partial charge in [0, 0.05) is 34.3 Å². The highest BCUT2D eigenvalue weighted by atomic mass is 32.1. The molecular formula is C23H22N4S. The Balaban J connectivity index is 1.62. The predicted octanol–water partition coefficient (Wildman–Crippen LogP) is 5.86. The van der Waals surface area contributed by atoms with Gasteiger partial charge in [0.1, 0.15) is 11.6 Å². The van der Waals surface area contributed by atoms with Crippen molar-refractivity contribution in [3.63, 3.8) is 0 Å². The topological polar surface area (TPSA) is 50.7 Å². The summed E-state index contributed by atoms with van der Waals surface area (Å²) in [5.41, 5.74) is 6.52. The van der Waals surface area contributed by atoms with Crippen molar-refractivity contribution in [2.45, 2.75) is 27.2 Å². The summed E-state index contributed by atoms with van der Waals surface area (Å²) in [6, 6.07) is 18.8. The number of nitrogens with zero attached hydrogens (tertiary/aromatic N) is 3. The lowest BCUT2D eigenvalue weighted by Crippen LogP contribution is -2.06. The number of rotatable bonds is 5. The van der Waals surface area contributed by atoms with Crippen LogP contribution in [0.15, 0.2) is 60.0 Å². The van der Waals surface area contributed by atoms with Crippen LogP contribution in [0, 0.1) is 20.8 Å². The molecule has 0 unspecified atom stereocenters. The Hall–Kier alpha value is -3.05. The Kier molecular flexibility index (Phi) is 5.17.